The van der Waals surface area contributed by atoms with E-state index in [2.05, 4.69) is 43.5 Å². The number of piperidine rings is 1. The second-order valence-corrected chi connectivity index (χ2v) is 25.4. The van der Waals surface area contributed by atoms with Gasteiger partial charge in [-0.15, -0.1) is 0 Å². The number of nitrogens with one attached hydrogen (secondary N) is 2. The fourth-order valence-electron chi connectivity index (χ4n) is 12.8. The number of carboxylic acids is 1. The summed E-state index contributed by atoms with van der Waals surface area (Å²) in [5, 5.41) is 24.6. The summed E-state index contributed by atoms with van der Waals surface area (Å²) in [6, 6.07) is 32.0. The van der Waals surface area contributed by atoms with Gasteiger partial charge in [0.1, 0.15) is 29.8 Å². The van der Waals surface area contributed by atoms with Crippen LogP contribution in [0.25, 0.3) is 32.8 Å². The van der Waals surface area contributed by atoms with Crippen LogP contribution in [-0.2, 0) is 55.9 Å². The van der Waals surface area contributed by atoms with E-state index in [1.807, 2.05) is 90.0 Å². The molecule has 4 amide bonds. The number of ether oxygens (including phenoxy) is 4. The highest BCUT2D eigenvalue weighted by molar-refractivity contribution is 7.86. The predicted octanol–water partition coefficient (Wildman–Crippen LogP) is 6.27. The van der Waals surface area contributed by atoms with Gasteiger partial charge in [-0.3, -0.25) is 39.0 Å². The van der Waals surface area contributed by atoms with Gasteiger partial charge >= 0.3 is 5.97 Å². The number of aryl methyl sites for hydroxylation is 3. The van der Waals surface area contributed by atoms with Crippen LogP contribution < -0.4 is 25.0 Å². The van der Waals surface area contributed by atoms with Crippen molar-refractivity contribution in [2.24, 2.45) is 7.05 Å². The van der Waals surface area contributed by atoms with Gasteiger partial charge in [-0.1, -0.05) is 60.7 Å². The number of carbonyl (C=O) groups excluding carboxylic acids is 4. The highest BCUT2D eigenvalue weighted by atomic mass is 32.2. The quantitative estimate of drug-likeness (QED) is 0.0361. The predicted molar refractivity (Wildman–Crippen MR) is 342 cm³/mol. The number of nitrogens with zero attached hydrogens (tertiary/aromatic N) is 9. The Balaban J connectivity index is 0.695. The normalized spacial score (nSPS) is 17.1. The molecule has 23 nitrogen and oxygen atoms in total. The lowest BCUT2D eigenvalue weighted by Crippen LogP contribution is -2.54. The van der Waals surface area contributed by atoms with E-state index < -0.39 is 45.8 Å². The van der Waals surface area contributed by atoms with E-state index in [-0.39, 0.29) is 36.3 Å². The summed E-state index contributed by atoms with van der Waals surface area (Å²) in [4.78, 5) is 72.6. The van der Waals surface area contributed by atoms with Crippen molar-refractivity contribution in [2.45, 2.75) is 58.2 Å². The van der Waals surface area contributed by atoms with Gasteiger partial charge in [-0.2, -0.15) is 22.1 Å². The minimum atomic E-state index is -3.48. The van der Waals surface area contributed by atoms with E-state index in [0.717, 1.165) is 105 Å². The summed E-state index contributed by atoms with van der Waals surface area (Å²) in [5.41, 5.74) is 7.15. The molecule has 0 radical (unpaired) electrons. The van der Waals surface area contributed by atoms with Crippen LogP contribution in [0.5, 0.6) is 11.5 Å². The molecule has 476 valence electrons. The monoisotopic (exact) mass is 1250 g/mol. The van der Waals surface area contributed by atoms with Gasteiger partial charge in [-0.05, 0) is 86.0 Å². The molecular weight excluding hydrogens is 1170 g/mol. The van der Waals surface area contributed by atoms with Crippen LogP contribution in [0.4, 0.5) is 11.4 Å². The Morgan fingerprint density at radius 2 is 1.41 bits per heavy atom. The molecule has 7 aromatic rings. The van der Waals surface area contributed by atoms with Crippen molar-refractivity contribution in [3.63, 3.8) is 0 Å². The van der Waals surface area contributed by atoms with Gasteiger partial charge < -0.3 is 43.7 Å². The lowest BCUT2D eigenvalue weighted by atomic mass is 9.98. The number of aromatic nitrogens is 3. The number of piperazine rings is 2. The molecule has 4 aliphatic rings. The number of rotatable bonds is 28. The summed E-state index contributed by atoms with van der Waals surface area (Å²) in [6.45, 7) is 11.9. The average molecular weight is 1250 g/mol. The Kier molecular flexibility index (Phi) is 19.9. The molecule has 4 aliphatic heterocycles. The Labute approximate surface area is 524 Å². The van der Waals surface area contributed by atoms with Gasteiger partial charge in [0.25, 0.3) is 22.0 Å². The Morgan fingerprint density at radius 1 is 0.722 bits per heavy atom. The van der Waals surface area contributed by atoms with Crippen LogP contribution in [0.3, 0.4) is 0 Å². The molecule has 24 heteroatoms. The summed E-state index contributed by atoms with van der Waals surface area (Å²) in [5.74, 6) is -1.73. The number of amides is 4. The van der Waals surface area contributed by atoms with Gasteiger partial charge in [-0.25, -0.2) is 4.79 Å². The SMILES string of the molecule is Cc1nn(C)c(COc2ccc(N3CCN(S(=O)(=O)N(C)C)CC3)cc2)c1-c1cccc2c(CCCOc3cccc4ccccc34)c(C(=O)O)n(CCN3CCN(CCCOCCOCCNc4cccc5c4C(=O)N(C4CCC(=O)NC4=O)C5=O)CC3)c12. The molecule has 6 heterocycles. The third-order valence-corrected chi connectivity index (χ3v) is 19.4. The molecule has 90 heavy (non-hydrogen) atoms. The first-order valence-corrected chi connectivity index (χ1v) is 32.3. The standard InChI is InChI=1S/C66H79N11O12S/c1-45-59(56(71(4)69-45)44-89-48-23-21-47(22-24-48)74-34-36-75(37-35-74)90(84,85)70(2)3)52-16-8-15-50-51(18-10-40-88-57-20-7-13-46-12-5-6-14-49(46)57)62(66(82)83)76(61(50)52)38-33-73-31-29-72(30-32-73)28-11-39-86-42-43-87-41-27-67-54-19-9-17-53-60(54)65(81)77(64(53)80)55-25-26-58(78)68-63(55)79/h5-9,12-17,19-24,55,67H,10-11,18,25-44H2,1-4H3,(H,82,83)(H,68,78,79). The number of aromatic carboxylic acids is 1. The van der Waals surface area contributed by atoms with Crippen LogP contribution in [-0.4, -0.2) is 206 Å². The van der Waals surface area contributed by atoms with Gasteiger partial charge in [0.2, 0.25) is 11.8 Å². The number of carboxylic acid groups (broad SMARTS) is 1. The molecule has 0 aliphatic carbocycles. The summed E-state index contributed by atoms with van der Waals surface area (Å²) >= 11 is 0. The summed E-state index contributed by atoms with van der Waals surface area (Å²) < 4.78 is 56.7. The zero-order valence-electron chi connectivity index (χ0n) is 51.5. The molecule has 11 rings (SSSR count). The molecule has 0 spiro atoms. The summed E-state index contributed by atoms with van der Waals surface area (Å²) in [6.07, 6.45) is 2.06. The highest BCUT2D eigenvalue weighted by Crippen LogP contribution is 2.39. The number of imide groups is 2. The summed E-state index contributed by atoms with van der Waals surface area (Å²) in [7, 11) is 1.52. The molecule has 3 fully saturated rings. The fraction of sp³-hybridized carbons (Fsp3) is 0.424. The van der Waals surface area contributed by atoms with Crippen molar-refractivity contribution in [1.82, 2.24) is 43.0 Å². The van der Waals surface area contributed by atoms with Crippen molar-refractivity contribution >= 4 is 72.9 Å². The Morgan fingerprint density at radius 3 is 2.16 bits per heavy atom. The number of fused-ring (bicyclic) bond motifs is 3. The Hall–Kier alpha value is -8.23. The number of hydrogen-bond acceptors (Lipinski definition) is 16. The second kappa shape index (κ2) is 28.3. The molecule has 2 aromatic heterocycles. The minimum Gasteiger partial charge on any atom is -0.493 e. The average Bonchev–Trinajstić information content (AvgIpc) is 1.64. The molecule has 3 saturated heterocycles. The zero-order chi connectivity index (χ0) is 63.1. The fourth-order valence-corrected chi connectivity index (χ4v) is 13.9. The van der Waals surface area contributed by atoms with Crippen molar-refractivity contribution in [2.75, 3.05) is 129 Å². The van der Waals surface area contributed by atoms with E-state index in [9.17, 15) is 37.5 Å². The maximum Gasteiger partial charge on any atom is 0.352 e. The lowest BCUT2D eigenvalue weighted by molar-refractivity contribution is -0.136. The van der Waals surface area contributed by atoms with Crippen LogP contribution >= 0.6 is 0 Å². The van der Waals surface area contributed by atoms with Crippen LogP contribution in [0.1, 0.15) is 73.8 Å². The Bertz CT molecular complexity index is 3890. The molecule has 1 atom stereocenters. The second-order valence-electron chi connectivity index (χ2n) is 23.3. The highest BCUT2D eigenvalue weighted by Gasteiger charge is 2.46. The minimum absolute atomic E-state index is 0.0498. The van der Waals surface area contributed by atoms with Crippen molar-refractivity contribution < 1.29 is 56.4 Å². The number of para-hydroxylation sites is 1. The number of carbonyl (C=O) groups is 5. The first kappa shape index (κ1) is 63.3. The molecule has 1 unspecified atom stereocenters. The third-order valence-electron chi connectivity index (χ3n) is 17.5. The lowest BCUT2D eigenvalue weighted by Gasteiger charge is -2.36. The molecule has 0 bridgehead atoms. The van der Waals surface area contributed by atoms with E-state index in [0.29, 0.717) is 103 Å². The van der Waals surface area contributed by atoms with Crippen molar-refractivity contribution in [3.05, 3.63) is 137 Å². The first-order chi connectivity index (χ1) is 43.6. The number of hydrogen-bond donors (Lipinski definition) is 3. The van der Waals surface area contributed by atoms with E-state index in [4.69, 9.17) is 24.0 Å². The maximum atomic E-state index is 13.7. The van der Waals surface area contributed by atoms with Gasteiger partial charge in [0.15, 0.2) is 0 Å². The van der Waals surface area contributed by atoms with Crippen LogP contribution in [0.15, 0.2) is 103 Å². The smallest absolute Gasteiger partial charge is 0.352 e. The van der Waals surface area contributed by atoms with Gasteiger partial charge in [0.05, 0.1) is 54.5 Å². The first-order valence-electron chi connectivity index (χ1n) is 30.9. The van der Waals surface area contributed by atoms with E-state index in [1.54, 1.807) is 32.3 Å². The molecule has 0 saturated carbocycles. The molecular formula is C66H79N11O12S. The topological polar surface area (TPSA) is 243 Å². The largest absolute Gasteiger partial charge is 0.493 e. The van der Waals surface area contributed by atoms with E-state index >= 15 is 0 Å². The zero-order valence-corrected chi connectivity index (χ0v) is 52.3. The number of anilines is 2. The van der Waals surface area contributed by atoms with Gasteiger partial charge in [0, 0.05) is 146 Å². The van der Waals surface area contributed by atoms with Crippen molar-refractivity contribution in [3.8, 4) is 22.6 Å². The maximum absolute atomic E-state index is 13.7. The van der Waals surface area contributed by atoms with Crippen LogP contribution in [0, 0.1) is 6.92 Å². The number of benzene rings is 5. The van der Waals surface area contributed by atoms with Crippen LogP contribution in [0.2, 0.25) is 0 Å². The molecule has 5 aromatic carbocycles. The van der Waals surface area contributed by atoms with E-state index in [1.165, 1.54) is 8.61 Å². The van der Waals surface area contributed by atoms with Crippen molar-refractivity contribution in [1.29, 1.82) is 0 Å². The molecule has 3 N–H and O–H groups in total. The third kappa shape index (κ3) is 13.7.